The number of nitrogens with two attached hydrogens (primary N) is 1. The fourth-order valence-electron chi connectivity index (χ4n) is 1.23. The summed E-state index contributed by atoms with van der Waals surface area (Å²) in [5.41, 5.74) is 5.82. The Balaban J connectivity index is 2.69. The minimum atomic E-state index is -0.108. The van der Waals surface area contributed by atoms with Crippen LogP contribution in [0.2, 0.25) is 0 Å². The Labute approximate surface area is 83.5 Å². The molecule has 0 bridgehead atoms. The predicted octanol–water partition coefficient (Wildman–Crippen LogP) is -0.0448. The molecule has 5 nitrogen and oxygen atoms in total. The van der Waals surface area contributed by atoms with Crippen LogP contribution in [0.3, 0.4) is 0 Å². The second kappa shape index (κ2) is 4.41. The van der Waals surface area contributed by atoms with Crippen molar-refractivity contribution in [3.63, 3.8) is 0 Å². The van der Waals surface area contributed by atoms with Crippen LogP contribution in [-0.2, 0) is 13.6 Å². The van der Waals surface area contributed by atoms with Gasteiger partial charge in [0.05, 0.1) is 6.54 Å². The number of aromatic nitrogens is 3. The number of rotatable bonds is 4. The largest absolute Gasteiger partial charge is 0.345 e. The molecular weight excluding hydrogens is 180 g/mol. The Hall–Kier alpha value is -1.10. The molecule has 1 aromatic heterocycles. The summed E-state index contributed by atoms with van der Waals surface area (Å²) < 4.78 is 2.86. The van der Waals surface area contributed by atoms with Gasteiger partial charge in [0.1, 0.15) is 6.33 Å². The molecule has 80 valence electrons. The van der Waals surface area contributed by atoms with E-state index in [2.05, 4.69) is 18.9 Å². The van der Waals surface area contributed by atoms with E-state index < -0.39 is 0 Å². The van der Waals surface area contributed by atoms with Crippen molar-refractivity contribution in [1.82, 2.24) is 14.3 Å². The third-order valence-corrected chi connectivity index (χ3v) is 2.65. The average Bonchev–Trinajstić information content (AvgIpc) is 2.48. The summed E-state index contributed by atoms with van der Waals surface area (Å²) in [4.78, 5) is 11.4. The summed E-state index contributed by atoms with van der Waals surface area (Å²) in [5, 5.41) is 3.96. The molecule has 1 heterocycles. The first kappa shape index (κ1) is 11.0. The molecule has 0 aliphatic heterocycles. The smallest absolute Gasteiger partial charge is 0.326 e. The van der Waals surface area contributed by atoms with Gasteiger partial charge in [-0.2, -0.15) is 5.10 Å². The molecule has 1 aromatic rings. The molecule has 0 saturated heterocycles. The van der Waals surface area contributed by atoms with Crippen molar-refractivity contribution in [2.75, 3.05) is 0 Å². The number of aryl methyl sites for hydroxylation is 1. The van der Waals surface area contributed by atoms with E-state index in [0.29, 0.717) is 12.5 Å². The molecule has 0 aliphatic carbocycles. The lowest BCUT2D eigenvalue weighted by Gasteiger charge is -2.17. The van der Waals surface area contributed by atoms with Crippen molar-refractivity contribution in [2.45, 2.75) is 32.9 Å². The maximum Gasteiger partial charge on any atom is 0.345 e. The molecular formula is C9H18N4O. The monoisotopic (exact) mass is 198 g/mol. The standard InChI is InChI=1S/C9H18N4O/c1-4-7(2)8(10)5-13-9(14)12(3)6-11-13/h6-8H,4-5,10H2,1-3H3. The molecule has 1 rings (SSSR count). The summed E-state index contributed by atoms with van der Waals surface area (Å²) in [5.74, 6) is 0.406. The van der Waals surface area contributed by atoms with Crippen LogP contribution < -0.4 is 11.4 Å². The topological polar surface area (TPSA) is 65.8 Å². The highest BCUT2D eigenvalue weighted by atomic mass is 16.2. The molecule has 0 fully saturated rings. The van der Waals surface area contributed by atoms with E-state index in [1.807, 2.05) is 0 Å². The molecule has 2 N–H and O–H groups in total. The fourth-order valence-corrected chi connectivity index (χ4v) is 1.23. The van der Waals surface area contributed by atoms with Crippen molar-refractivity contribution in [3.05, 3.63) is 16.8 Å². The normalized spacial score (nSPS) is 15.4. The van der Waals surface area contributed by atoms with Gasteiger partial charge in [-0.1, -0.05) is 20.3 Å². The summed E-state index contributed by atoms with van der Waals surface area (Å²) in [7, 11) is 1.68. The molecule has 2 unspecified atom stereocenters. The lowest BCUT2D eigenvalue weighted by Crippen LogP contribution is -2.37. The zero-order valence-corrected chi connectivity index (χ0v) is 8.97. The van der Waals surface area contributed by atoms with Crippen LogP contribution in [0.5, 0.6) is 0 Å². The molecule has 0 amide bonds. The number of hydrogen-bond donors (Lipinski definition) is 1. The Bertz CT molecular complexity index is 341. The first-order valence-corrected chi connectivity index (χ1v) is 4.90. The van der Waals surface area contributed by atoms with Gasteiger partial charge >= 0.3 is 5.69 Å². The van der Waals surface area contributed by atoms with Crippen molar-refractivity contribution < 1.29 is 0 Å². The third kappa shape index (κ3) is 2.23. The molecule has 0 aromatic carbocycles. The van der Waals surface area contributed by atoms with E-state index >= 15 is 0 Å². The van der Waals surface area contributed by atoms with Gasteiger partial charge in [-0.05, 0) is 5.92 Å². The summed E-state index contributed by atoms with van der Waals surface area (Å²) in [6.07, 6.45) is 2.52. The van der Waals surface area contributed by atoms with Crippen molar-refractivity contribution in [1.29, 1.82) is 0 Å². The predicted molar refractivity (Wildman–Crippen MR) is 54.9 cm³/mol. The van der Waals surface area contributed by atoms with Crippen LogP contribution in [0.1, 0.15) is 20.3 Å². The maximum atomic E-state index is 11.4. The average molecular weight is 198 g/mol. The van der Waals surface area contributed by atoms with Crippen LogP contribution in [-0.4, -0.2) is 20.4 Å². The van der Waals surface area contributed by atoms with E-state index in [9.17, 15) is 4.79 Å². The van der Waals surface area contributed by atoms with Gasteiger partial charge in [0.25, 0.3) is 0 Å². The van der Waals surface area contributed by atoms with Gasteiger partial charge < -0.3 is 5.73 Å². The highest BCUT2D eigenvalue weighted by Crippen LogP contribution is 2.05. The molecule has 0 radical (unpaired) electrons. The molecule has 14 heavy (non-hydrogen) atoms. The fraction of sp³-hybridized carbons (Fsp3) is 0.778. The Morgan fingerprint density at radius 3 is 2.71 bits per heavy atom. The summed E-state index contributed by atoms with van der Waals surface area (Å²) in [6, 6.07) is -0.00685. The Morgan fingerprint density at radius 2 is 2.29 bits per heavy atom. The number of hydrogen-bond acceptors (Lipinski definition) is 3. The van der Waals surface area contributed by atoms with E-state index in [1.165, 1.54) is 15.6 Å². The van der Waals surface area contributed by atoms with Gasteiger partial charge in [0.2, 0.25) is 0 Å². The van der Waals surface area contributed by atoms with Crippen LogP contribution in [0.4, 0.5) is 0 Å². The lowest BCUT2D eigenvalue weighted by molar-refractivity contribution is 0.375. The van der Waals surface area contributed by atoms with E-state index in [4.69, 9.17) is 5.73 Å². The van der Waals surface area contributed by atoms with Gasteiger partial charge in [-0.15, -0.1) is 0 Å². The second-order valence-corrected chi connectivity index (χ2v) is 3.76. The highest BCUT2D eigenvalue weighted by molar-refractivity contribution is 4.72. The van der Waals surface area contributed by atoms with E-state index in [1.54, 1.807) is 7.05 Å². The van der Waals surface area contributed by atoms with E-state index in [-0.39, 0.29) is 11.7 Å². The highest BCUT2D eigenvalue weighted by Gasteiger charge is 2.13. The van der Waals surface area contributed by atoms with Crippen LogP contribution in [0, 0.1) is 5.92 Å². The maximum absolute atomic E-state index is 11.4. The Kier molecular flexibility index (Phi) is 3.46. The third-order valence-electron chi connectivity index (χ3n) is 2.65. The lowest BCUT2D eigenvalue weighted by atomic mass is 10.0. The zero-order valence-electron chi connectivity index (χ0n) is 8.97. The van der Waals surface area contributed by atoms with Gasteiger partial charge in [-0.25, -0.2) is 9.48 Å². The SMILES string of the molecule is CCC(C)C(N)Cn1ncn(C)c1=O. The van der Waals surface area contributed by atoms with Crippen molar-refractivity contribution in [2.24, 2.45) is 18.7 Å². The van der Waals surface area contributed by atoms with Crippen LogP contribution >= 0.6 is 0 Å². The first-order chi connectivity index (χ1) is 6.56. The van der Waals surface area contributed by atoms with Crippen LogP contribution in [0.25, 0.3) is 0 Å². The van der Waals surface area contributed by atoms with Gasteiger partial charge in [-0.3, -0.25) is 4.57 Å². The minimum absolute atomic E-state index is 0.00685. The molecule has 2 atom stereocenters. The zero-order chi connectivity index (χ0) is 10.7. The van der Waals surface area contributed by atoms with Gasteiger partial charge in [0, 0.05) is 13.1 Å². The van der Waals surface area contributed by atoms with Crippen molar-refractivity contribution >= 4 is 0 Å². The first-order valence-electron chi connectivity index (χ1n) is 4.90. The quantitative estimate of drug-likeness (QED) is 0.738. The summed E-state index contributed by atoms with van der Waals surface area (Å²) in [6.45, 7) is 4.67. The summed E-state index contributed by atoms with van der Waals surface area (Å²) >= 11 is 0. The molecule has 0 spiro atoms. The van der Waals surface area contributed by atoms with Gasteiger partial charge in [0.15, 0.2) is 0 Å². The minimum Gasteiger partial charge on any atom is -0.326 e. The van der Waals surface area contributed by atoms with Crippen LogP contribution in [0.15, 0.2) is 11.1 Å². The molecule has 0 saturated carbocycles. The second-order valence-electron chi connectivity index (χ2n) is 3.76. The van der Waals surface area contributed by atoms with E-state index in [0.717, 1.165) is 6.42 Å². The molecule has 0 aliphatic rings. The number of nitrogens with zero attached hydrogens (tertiary/aromatic N) is 3. The van der Waals surface area contributed by atoms with Crippen molar-refractivity contribution in [3.8, 4) is 0 Å². The molecule has 5 heteroatoms. The Morgan fingerprint density at radius 1 is 1.64 bits per heavy atom.